The van der Waals surface area contributed by atoms with Crippen LogP contribution in [0.25, 0.3) is 0 Å². The molecular formula is C21H24N2O6. The standard InChI is InChI=1S/C21H24N2O6/c1-23(12-17-13-28-9-10-29-17)19-8-5-15(11-18(19)21(25)26)22-20(24)14-3-6-16(27-2)7-4-14/h3-8,11,17H,9-10,12-13H2,1-2H3,(H,22,24)(H,25,26)/t17-/m0/s1. The van der Waals surface area contributed by atoms with E-state index >= 15 is 0 Å². The molecule has 0 aromatic heterocycles. The van der Waals surface area contributed by atoms with Crippen LogP contribution in [-0.2, 0) is 9.47 Å². The summed E-state index contributed by atoms with van der Waals surface area (Å²) >= 11 is 0. The second kappa shape index (κ2) is 9.40. The molecule has 154 valence electrons. The zero-order valence-corrected chi connectivity index (χ0v) is 16.4. The van der Waals surface area contributed by atoms with Crippen molar-refractivity contribution >= 4 is 23.3 Å². The maximum atomic E-state index is 12.4. The van der Waals surface area contributed by atoms with Crippen LogP contribution in [0.4, 0.5) is 11.4 Å². The van der Waals surface area contributed by atoms with Crippen LogP contribution >= 0.6 is 0 Å². The molecule has 2 aromatic rings. The van der Waals surface area contributed by atoms with E-state index < -0.39 is 5.97 Å². The van der Waals surface area contributed by atoms with E-state index in [4.69, 9.17) is 14.2 Å². The molecular weight excluding hydrogens is 376 g/mol. The largest absolute Gasteiger partial charge is 0.497 e. The summed E-state index contributed by atoms with van der Waals surface area (Å²) in [5.74, 6) is -0.763. The Morgan fingerprint density at radius 2 is 1.97 bits per heavy atom. The Kier molecular flexibility index (Phi) is 6.69. The van der Waals surface area contributed by atoms with E-state index in [1.54, 1.807) is 50.6 Å². The lowest BCUT2D eigenvalue weighted by atomic mass is 10.1. The fourth-order valence-electron chi connectivity index (χ4n) is 3.11. The SMILES string of the molecule is COc1ccc(C(=O)Nc2ccc(N(C)C[C@H]3COCCO3)c(C(=O)O)c2)cc1. The van der Waals surface area contributed by atoms with E-state index in [1.807, 2.05) is 4.90 Å². The van der Waals surface area contributed by atoms with Crippen LogP contribution < -0.4 is 15.0 Å². The number of hydrogen-bond donors (Lipinski definition) is 2. The first-order valence-electron chi connectivity index (χ1n) is 9.21. The number of carboxylic acids is 1. The Bertz CT molecular complexity index is 862. The van der Waals surface area contributed by atoms with Crippen LogP contribution in [0.1, 0.15) is 20.7 Å². The number of benzene rings is 2. The molecule has 0 radical (unpaired) electrons. The van der Waals surface area contributed by atoms with Crippen molar-refractivity contribution in [3.63, 3.8) is 0 Å². The minimum atomic E-state index is -1.08. The van der Waals surface area contributed by atoms with Crippen LogP contribution in [0.5, 0.6) is 5.75 Å². The zero-order valence-electron chi connectivity index (χ0n) is 16.4. The second-order valence-electron chi connectivity index (χ2n) is 6.67. The van der Waals surface area contributed by atoms with Gasteiger partial charge in [-0.15, -0.1) is 0 Å². The van der Waals surface area contributed by atoms with Gasteiger partial charge in [-0.2, -0.15) is 0 Å². The van der Waals surface area contributed by atoms with Gasteiger partial charge >= 0.3 is 5.97 Å². The van der Waals surface area contributed by atoms with Gasteiger partial charge in [-0.25, -0.2) is 4.79 Å². The van der Waals surface area contributed by atoms with E-state index in [9.17, 15) is 14.7 Å². The number of nitrogens with one attached hydrogen (secondary N) is 1. The topological polar surface area (TPSA) is 97.3 Å². The average molecular weight is 400 g/mol. The van der Waals surface area contributed by atoms with E-state index in [0.29, 0.717) is 49.1 Å². The van der Waals surface area contributed by atoms with E-state index in [1.165, 1.54) is 6.07 Å². The number of carbonyl (C=O) groups excluding carboxylic acids is 1. The molecule has 0 bridgehead atoms. The first-order chi connectivity index (χ1) is 14.0. The minimum absolute atomic E-state index is 0.0942. The number of aromatic carboxylic acids is 1. The van der Waals surface area contributed by atoms with Gasteiger partial charge < -0.3 is 29.5 Å². The first kappa shape index (κ1) is 20.6. The van der Waals surface area contributed by atoms with Gasteiger partial charge in [0.05, 0.1) is 44.3 Å². The van der Waals surface area contributed by atoms with Gasteiger partial charge in [0.1, 0.15) is 5.75 Å². The maximum absolute atomic E-state index is 12.4. The van der Waals surface area contributed by atoms with Crippen LogP contribution in [0.3, 0.4) is 0 Å². The number of amides is 1. The molecule has 2 N–H and O–H groups in total. The lowest BCUT2D eigenvalue weighted by Gasteiger charge is -2.29. The van der Waals surface area contributed by atoms with Crippen molar-refractivity contribution in [1.29, 1.82) is 0 Å². The molecule has 8 heteroatoms. The number of carbonyl (C=O) groups is 2. The number of ether oxygens (including phenoxy) is 3. The minimum Gasteiger partial charge on any atom is -0.497 e. The fraction of sp³-hybridized carbons (Fsp3) is 0.333. The predicted octanol–water partition coefficient (Wildman–Crippen LogP) is 2.50. The molecule has 2 aromatic carbocycles. The first-order valence-corrected chi connectivity index (χ1v) is 9.21. The molecule has 0 saturated carbocycles. The van der Waals surface area contributed by atoms with E-state index in [0.717, 1.165) is 0 Å². The molecule has 1 fully saturated rings. The second-order valence-corrected chi connectivity index (χ2v) is 6.67. The Labute approximate surface area is 169 Å². The molecule has 0 unspecified atom stereocenters. The Morgan fingerprint density at radius 3 is 2.59 bits per heavy atom. The highest BCUT2D eigenvalue weighted by Gasteiger charge is 2.20. The molecule has 0 aliphatic carbocycles. The fourth-order valence-corrected chi connectivity index (χ4v) is 3.11. The molecule has 8 nitrogen and oxygen atoms in total. The number of anilines is 2. The molecule has 1 aliphatic heterocycles. The van der Waals surface area contributed by atoms with Crippen molar-refractivity contribution in [2.75, 3.05) is 50.7 Å². The van der Waals surface area contributed by atoms with Crippen molar-refractivity contribution in [1.82, 2.24) is 0 Å². The summed E-state index contributed by atoms with van der Waals surface area (Å²) in [4.78, 5) is 26.0. The smallest absolute Gasteiger partial charge is 0.337 e. The molecule has 3 rings (SSSR count). The highest BCUT2D eigenvalue weighted by molar-refractivity contribution is 6.05. The maximum Gasteiger partial charge on any atom is 0.337 e. The zero-order chi connectivity index (χ0) is 20.8. The molecule has 1 amide bonds. The number of rotatable bonds is 7. The Balaban J connectivity index is 1.74. The summed E-state index contributed by atoms with van der Waals surface area (Å²) in [7, 11) is 3.35. The lowest BCUT2D eigenvalue weighted by Crippen LogP contribution is -2.38. The summed E-state index contributed by atoms with van der Waals surface area (Å²) in [5, 5.41) is 12.4. The molecule has 1 saturated heterocycles. The highest BCUT2D eigenvalue weighted by atomic mass is 16.6. The van der Waals surface area contributed by atoms with Gasteiger partial charge in [0.25, 0.3) is 5.91 Å². The number of nitrogens with zero attached hydrogens (tertiary/aromatic N) is 1. The highest BCUT2D eigenvalue weighted by Crippen LogP contribution is 2.25. The Hall–Kier alpha value is -3.10. The van der Waals surface area contributed by atoms with Crippen LogP contribution in [0.15, 0.2) is 42.5 Å². The number of likely N-dealkylation sites (N-methyl/N-ethyl adjacent to an activating group) is 1. The normalized spacial score (nSPS) is 16.1. The van der Waals surface area contributed by atoms with Gasteiger partial charge in [0, 0.05) is 24.8 Å². The molecule has 1 heterocycles. The van der Waals surface area contributed by atoms with Gasteiger partial charge in [-0.3, -0.25) is 4.79 Å². The average Bonchev–Trinajstić information content (AvgIpc) is 2.74. The van der Waals surface area contributed by atoms with Crippen LogP contribution in [-0.4, -0.2) is 63.6 Å². The molecule has 0 spiro atoms. The third kappa shape index (κ3) is 5.24. The van der Waals surface area contributed by atoms with Crippen LogP contribution in [0, 0.1) is 0 Å². The van der Waals surface area contributed by atoms with E-state index in [-0.39, 0.29) is 17.6 Å². The number of methoxy groups -OCH3 is 1. The van der Waals surface area contributed by atoms with Gasteiger partial charge in [-0.1, -0.05) is 0 Å². The number of hydrogen-bond acceptors (Lipinski definition) is 6. The van der Waals surface area contributed by atoms with Crippen molar-refractivity contribution in [2.24, 2.45) is 0 Å². The predicted molar refractivity (Wildman–Crippen MR) is 108 cm³/mol. The van der Waals surface area contributed by atoms with Crippen molar-refractivity contribution in [3.05, 3.63) is 53.6 Å². The summed E-state index contributed by atoms with van der Waals surface area (Å²) in [6, 6.07) is 11.5. The lowest BCUT2D eigenvalue weighted by molar-refractivity contribution is -0.0837. The summed E-state index contributed by atoms with van der Waals surface area (Å²) in [6.45, 7) is 2.07. The number of carboxylic acid groups (broad SMARTS) is 1. The molecule has 1 atom stereocenters. The molecule has 1 aliphatic rings. The molecule has 29 heavy (non-hydrogen) atoms. The summed E-state index contributed by atoms with van der Waals surface area (Å²) in [6.07, 6.45) is -0.121. The van der Waals surface area contributed by atoms with Gasteiger partial charge in [-0.05, 0) is 42.5 Å². The van der Waals surface area contributed by atoms with Gasteiger partial charge in [0.15, 0.2) is 0 Å². The van der Waals surface area contributed by atoms with Crippen molar-refractivity contribution in [2.45, 2.75) is 6.10 Å². The van der Waals surface area contributed by atoms with Crippen LogP contribution in [0.2, 0.25) is 0 Å². The van der Waals surface area contributed by atoms with Crippen molar-refractivity contribution < 1.29 is 28.9 Å². The summed E-state index contributed by atoms with van der Waals surface area (Å²) < 4.78 is 16.1. The Morgan fingerprint density at radius 1 is 1.21 bits per heavy atom. The van der Waals surface area contributed by atoms with Crippen molar-refractivity contribution in [3.8, 4) is 5.75 Å². The van der Waals surface area contributed by atoms with Gasteiger partial charge in [0.2, 0.25) is 0 Å². The quantitative estimate of drug-likeness (QED) is 0.737. The third-order valence-electron chi connectivity index (χ3n) is 4.61. The third-order valence-corrected chi connectivity index (χ3v) is 4.61. The van der Waals surface area contributed by atoms with E-state index in [2.05, 4.69) is 5.32 Å². The summed E-state index contributed by atoms with van der Waals surface area (Å²) in [5.41, 5.74) is 1.47. The monoisotopic (exact) mass is 400 g/mol.